The van der Waals surface area contributed by atoms with E-state index >= 15 is 0 Å². The van der Waals surface area contributed by atoms with E-state index in [1.165, 1.54) is 5.56 Å². The van der Waals surface area contributed by atoms with Crippen LogP contribution in [0.4, 0.5) is 0 Å². The molecule has 0 fully saturated rings. The zero-order valence-corrected chi connectivity index (χ0v) is 16.0. The average Bonchev–Trinajstić information content (AvgIpc) is 3.15. The largest absolute Gasteiger partial charge is 0.495 e. The Morgan fingerprint density at radius 3 is 2.64 bits per heavy atom. The minimum absolute atomic E-state index is 0.683. The van der Waals surface area contributed by atoms with E-state index in [0.717, 1.165) is 52.9 Å². The summed E-state index contributed by atoms with van der Waals surface area (Å²) >= 11 is 0. The molecule has 0 radical (unpaired) electrons. The van der Waals surface area contributed by atoms with Gasteiger partial charge in [0.2, 0.25) is 5.88 Å². The van der Waals surface area contributed by atoms with Gasteiger partial charge in [-0.3, -0.25) is 4.98 Å². The zero-order valence-electron chi connectivity index (χ0n) is 16.0. The van der Waals surface area contributed by atoms with Crippen LogP contribution in [0.2, 0.25) is 0 Å². The van der Waals surface area contributed by atoms with E-state index in [1.807, 2.05) is 30.6 Å². The van der Waals surface area contributed by atoms with Crippen molar-refractivity contribution in [2.24, 2.45) is 0 Å². The van der Waals surface area contributed by atoms with Crippen LogP contribution >= 0.6 is 0 Å². The Morgan fingerprint density at radius 1 is 0.929 bits per heavy atom. The molecule has 0 bridgehead atoms. The van der Waals surface area contributed by atoms with Gasteiger partial charge in [-0.05, 0) is 42.2 Å². The van der Waals surface area contributed by atoms with Crippen molar-refractivity contribution in [3.8, 4) is 11.6 Å². The third-order valence-corrected chi connectivity index (χ3v) is 4.80. The SMILES string of the molecule is COc1cnc2[nH]cc(Cc3ccc(CCc4cccnc4OC)nc3)c2c1. The molecule has 0 atom stereocenters. The molecule has 0 saturated carbocycles. The summed E-state index contributed by atoms with van der Waals surface area (Å²) in [6, 6.07) is 10.2. The summed E-state index contributed by atoms with van der Waals surface area (Å²) in [5.74, 6) is 1.44. The highest BCUT2D eigenvalue weighted by atomic mass is 16.5. The van der Waals surface area contributed by atoms with Gasteiger partial charge in [0.05, 0.1) is 20.4 Å². The summed E-state index contributed by atoms with van der Waals surface area (Å²) in [5, 5.41) is 1.08. The lowest BCUT2D eigenvalue weighted by molar-refractivity contribution is 0.392. The summed E-state index contributed by atoms with van der Waals surface area (Å²) in [6.45, 7) is 0. The molecule has 1 N–H and O–H groups in total. The van der Waals surface area contributed by atoms with E-state index in [4.69, 9.17) is 9.47 Å². The van der Waals surface area contributed by atoms with Crippen LogP contribution in [0, 0.1) is 0 Å². The average molecular weight is 374 g/mol. The van der Waals surface area contributed by atoms with Crippen LogP contribution in [0.1, 0.15) is 22.4 Å². The lowest BCUT2D eigenvalue weighted by Gasteiger charge is -2.07. The highest BCUT2D eigenvalue weighted by Gasteiger charge is 2.08. The molecule has 0 unspecified atom stereocenters. The third kappa shape index (κ3) is 3.81. The maximum atomic E-state index is 5.31. The summed E-state index contributed by atoms with van der Waals surface area (Å²) in [6.07, 6.45) is 9.88. The number of hydrogen-bond acceptors (Lipinski definition) is 5. The molecule has 0 aromatic carbocycles. The second-order valence-electron chi connectivity index (χ2n) is 6.59. The van der Waals surface area contributed by atoms with Crippen LogP contribution in [0.3, 0.4) is 0 Å². The number of methoxy groups -OCH3 is 2. The summed E-state index contributed by atoms with van der Waals surface area (Å²) < 4.78 is 10.6. The normalized spacial score (nSPS) is 10.9. The van der Waals surface area contributed by atoms with Gasteiger partial charge in [0.15, 0.2) is 0 Å². The van der Waals surface area contributed by atoms with Gasteiger partial charge in [0.1, 0.15) is 11.4 Å². The lowest BCUT2D eigenvalue weighted by atomic mass is 10.0. The van der Waals surface area contributed by atoms with Crippen molar-refractivity contribution in [1.29, 1.82) is 0 Å². The fraction of sp³-hybridized carbons (Fsp3) is 0.227. The van der Waals surface area contributed by atoms with E-state index < -0.39 is 0 Å². The number of hydrogen-bond donors (Lipinski definition) is 1. The smallest absolute Gasteiger partial charge is 0.216 e. The van der Waals surface area contributed by atoms with Crippen LogP contribution in [-0.4, -0.2) is 34.2 Å². The first-order valence-corrected chi connectivity index (χ1v) is 9.18. The number of ether oxygens (including phenoxy) is 2. The summed E-state index contributed by atoms with van der Waals surface area (Å²) in [5.41, 5.74) is 5.35. The number of aryl methyl sites for hydroxylation is 2. The van der Waals surface area contributed by atoms with Gasteiger partial charge in [-0.1, -0.05) is 12.1 Å². The van der Waals surface area contributed by atoms with Gasteiger partial charge in [-0.25, -0.2) is 9.97 Å². The fourth-order valence-electron chi connectivity index (χ4n) is 3.28. The first-order chi connectivity index (χ1) is 13.8. The highest BCUT2D eigenvalue weighted by molar-refractivity contribution is 5.81. The molecule has 0 aliphatic rings. The van der Waals surface area contributed by atoms with Gasteiger partial charge < -0.3 is 14.5 Å². The first-order valence-electron chi connectivity index (χ1n) is 9.18. The Hall–Kier alpha value is -3.41. The molecular weight excluding hydrogens is 352 g/mol. The molecule has 6 heteroatoms. The number of aromatic amines is 1. The second-order valence-corrected chi connectivity index (χ2v) is 6.59. The predicted molar refractivity (Wildman–Crippen MR) is 108 cm³/mol. The van der Waals surface area contributed by atoms with E-state index in [9.17, 15) is 0 Å². The Labute approximate surface area is 163 Å². The molecule has 0 spiro atoms. The van der Waals surface area contributed by atoms with Gasteiger partial charge in [0.25, 0.3) is 0 Å². The topological polar surface area (TPSA) is 72.9 Å². The summed E-state index contributed by atoms with van der Waals surface area (Å²) in [4.78, 5) is 16.5. The maximum Gasteiger partial charge on any atom is 0.216 e. The third-order valence-electron chi connectivity index (χ3n) is 4.80. The second kappa shape index (κ2) is 8.08. The lowest BCUT2D eigenvalue weighted by Crippen LogP contribution is -1.99. The Balaban J connectivity index is 1.45. The van der Waals surface area contributed by atoms with E-state index in [1.54, 1.807) is 26.6 Å². The number of nitrogens with zero attached hydrogens (tertiary/aromatic N) is 3. The Morgan fingerprint density at radius 2 is 1.86 bits per heavy atom. The van der Waals surface area contributed by atoms with E-state index in [0.29, 0.717) is 5.88 Å². The minimum atomic E-state index is 0.683. The number of H-pyrrole nitrogens is 1. The molecule has 0 aliphatic carbocycles. The standard InChI is InChI=1S/C22H22N4O2/c1-27-19-11-20-17(13-25-21(20)26-14-19)10-15-5-7-18(24-12-15)8-6-16-4-3-9-23-22(16)28-2/h3-5,7,9,11-14H,6,8,10H2,1-2H3,(H,25,26). The van der Waals surface area contributed by atoms with E-state index in [2.05, 4.69) is 32.1 Å². The maximum absolute atomic E-state index is 5.31. The van der Waals surface area contributed by atoms with Crippen molar-refractivity contribution in [2.45, 2.75) is 19.3 Å². The van der Waals surface area contributed by atoms with Crippen molar-refractivity contribution in [2.75, 3.05) is 14.2 Å². The number of aromatic nitrogens is 4. The number of rotatable bonds is 7. The van der Waals surface area contributed by atoms with Crippen molar-refractivity contribution >= 4 is 11.0 Å². The van der Waals surface area contributed by atoms with Crippen molar-refractivity contribution in [1.82, 2.24) is 19.9 Å². The van der Waals surface area contributed by atoms with Crippen molar-refractivity contribution in [3.63, 3.8) is 0 Å². The minimum Gasteiger partial charge on any atom is -0.495 e. The molecule has 0 aliphatic heterocycles. The molecule has 4 heterocycles. The molecule has 4 aromatic rings. The van der Waals surface area contributed by atoms with Crippen LogP contribution in [0.15, 0.2) is 55.1 Å². The summed E-state index contributed by atoms with van der Waals surface area (Å²) in [7, 11) is 3.30. The Kier molecular flexibility index (Phi) is 5.19. The number of fused-ring (bicyclic) bond motifs is 1. The van der Waals surface area contributed by atoms with Gasteiger partial charge in [0, 0.05) is 41.7 Å². The highest BCUT2D eigenvalue weighted by Crippen LogP contribution is 2.23. The quantitative estimate of drug-likeness (QED) is 0.533. The van der Waals surface area contributed by atoms with Gasteiger partial charge >= 0.3 is 0 Å². The molecule has 0 saturated heterocycles. The number of pyridine rings is 3. The van der Waals surface area contributed by atoms with Crippen LogP contribution in [0.5, 0.6) is 11.6 Å². The molecule has 6 nitrogen and oxygen atoms in total. The molecule has 142 valence electrons. The molecular formula is C22H22N4O2. The van der Waals surface area contributed by atoms with Crippen LogP contribution < -0.4 is 9.47 Å². The molecule has 4 rings (SSSR count). The van der Waals surface area contributed by atoms with Crippen molar-refractivity contribution in [3.05, 3.63) is 77.5 Å². The Bertz CT molecular complexity index is 1070. The first kappa shape index (κ1) is 18.0. The molecule has 0 amide bonds. The predicted octanol–water partition coefficient (Wildman–Crippen LogP) is 3.75. The molecule has 4 aromatic heterocycles. The number of nitrogens with one attached hydrogen (secondary N) is 1. The van der Waals surface area contributed by atoms with E-state index in [-0.39, 0.29) is 0 Å². The fourth-order valence-corrected chi connectivity index (χ4v) is 3.28. The van der Waals surface area contributed by atoms with Crippen molar-refractivity contribution < 1.29 is 9.47 Å². The monoisotopic (exact) mass is 374 g/mol. The molecule has 28 heavy (non-hydrogen) atoms. The van der Waals surface area contributed by atoms with Gasteiger partial charge in [-0.2, -0.15) is 0 Å². The van der Waals surface area contributed by atoms with Crippen LogP contribution in [0.25, 0.3) is 11.0 Å². The van der Waals surface area contributed by atoms with Crippen LogP contribution in [-0.2, 0) is 19.3 Å². The van der Waals surface area contributed by atoms with Gasteiger partial charge in [-0.15, -0.1) is 0 Å². The zero-order chi connectivity index (χ0) is 19.3.